The fourth-order valence-corrected chi connectivity index (χ4v) is 1.70. The summed E-state index contributed by atoms with van der Waals surface area (Å²) >= 11 is 0. The van der Waals surface area contributed by atoms with E-state index >= 15 is 0 Å². The molecule has 92 valence electrons. The SMILES string of the molecule is CC.CCCCCCc1ccc(CC)cc1. The first kappa shape index (κ1) is 15.2. The Morgan fingerprint density at radius 2 is 1.31 bits per heavy atom. The Labute approximate surface area is 102 Å². The molecule has 0 aliphatic carbocycles. The Hall–Kier alpha value is -0.780. The van der Waals surface area contributed by atoms with E-state index < -0.39 is 0 Å². The van der Waals surface area contributed by atoms with Crippen molar-refractivity contribution >= 4 is 0 Å². The Balaban J connectivity index is 0.00000106. The van der Waals surface area contributed by atoms with E-state index in [4.69, 9.17) is 0 Å². The van der Waals surface area contributed by atoms with E-state index in [1.54, 1.807) is 0 Å². The predicted molar refractivity (Wildman–Crippen MR) is 75.0 cm³/mol. The normalized spacial score (nSPS) is 9.50. The molecule has 0 unspecified atom stereocenters. The molecule has 0 aliphatic heterocycles. The highest BCUT2D eigenvalue weighted by molar-refractivity contribution is 5.22. The molecule has 0 bridgehead atoms. The van der Waals surface area contributed by atoms with Gasteiger partial charge in [-0.3, -0.25) is 0 Å². The summed E-state index contributed by atoms with van der Waals surface area (Å²) in [6.45, 7) is 8.46. The molecule has 0 aromatic heterocycles. The van der Waals surface area contributed by atoms with Crippen LogP contribution in [0, 0.1) is 0 Å². The van der Waals surface area contributed by atoms with E-state index in [1.807, 2.05) is 13.8 Å². The Bertz CT molecular complexity index is 233. The van der Waals surface area contributed by atoms with Gasteiger partial charge in [-0.15, -0.1) is 0 Å². The lowest BCUT2D eigenvalue weighted by molar-refractivity contribution is 0.667. The van der Waals surface area contributed by atoms with Crippen LogP contribution in [0.15, 0.2) is 24.3 Å². The van der Waals surface area contributed by atoms with Crippen LogP contribution in [0.3, 0.4) is 0 Å². The molecule has 0 aliphatic rings. The number of unbranched alkanes of at least 4 members (excludes halogenated alkanes) is 3. The maximum Gasteiger partial charge on any atom is -0.0279 e. The van der Waals surface area contributed by atoms with Crippen molar-refractivity contribution in [2.45, 2.75) is 66.2 Å². The van der Waals surface area contributed by atoms with Gasteiger partial charge >= 0.3 is 0 Å². The molecule has 0 radical (unpaired) electrons. The molecule has 0 atom stereocenters. The van der Waals surface area contributed by atoms with E-state index in [1.165, 1.54) is 43.2 Å². The molecular weight excluding hydrogens is 192 g/mol. The van der Waals surface area contributed by atoms with Crippen molar-refractivity contribution in [3.05, 3.63) is 35.4 Å². The van der Waals surface area contributed by atoms with Crippen LogP contribution in [0.2, 0.25) is 0 Å². The van der Waals surface area contributed by atoms with Gasteiger partial charge in [0.1, 0.15) is 0 Å². The standard InChI is InChI=1S/C14H22.C2H6/c1-3-5-6-7-8-14-11-9-13(4-2)10-12-14;1-2/h9-12H,3-8H2,1-2H3;1-2H3. The van der Waals surface area contributed by atoms with Crippen molar-refractivity contribution in [2.75, 3.05) is 0 Å². The van der Waals surface area contributed by atoms with Gasteiger partial charge in [0, 0.05) is 0 Å². The predicted octanol–water partition coefficient (Wildman–Crippen LogP) is 5.40. The second kappa shape index (κ2) is 10.7. The minimum Gasteiger partial charge on any atom is -0.0683 e. The number of benzene rings is 1. The summed E-state index contributed by atoms with van der Waals surface area (Å²) in [5, 5.41) is 0. The summed E-state index contributed by atoms with van der Waals surface area (Å²) < 4.78 is 0. The molecule has 0 amide bonds. The number of hydrogen-bond donors (Lipinski definition) is 0. The molecule has 16 heavy (non-hydrogen) atoms. The average Bonchev–Trinajstić information content (AvgIpc) is 2.38. The largest absolute Gasteiger partial charge is 0.0683 e. The van der Waals surface area contributed by atoms with Crippen molar-refractivity contribution in [1.82, 2.24) is 0 Å². The van der Waals surface area contributed by atoms with Gasteiger partial charge in [0.05, 0.1) is 0 Å². The fraction of sp³-hybridized carbons (Fsp3) is 0.625. The molecule has 0 nitrogen and oxygen atoms in total. The molecule has 0 saturated heterocycles. The number of aryl methyl sites for hydroxylation is 2. The molecule has 1 aromatic carbocycles. The van der Waals surface area contributed by atoms with Crippen LogP contribution in [-0.2, 0) is 12.8 Å². The lowest BCUT2D eigenvalue weighted by atomic mass is 10.0. The van der Waals surface area contributed by atoms with Crippen LogP contribution >= 0.6 is 0 Å². The molecule has 0 spiro atoms. The van der Waals surface area contributed by atoms with Gasteiger partial charge in [0.25, 0.3) is 0 Å². The van der Waals surface area contributed by atoms with Crippen LogP contribution in [0.5, 0.6) is 0 Å². The fourth-order valence-electron chi connectivity index (χ4n) is 1.70. The Morgan fingerprint density at radius 1 is 0.750 bits per heavy atom. The molecule has 0 heterocycles. The van der Waals surface area contributed by atoms with E-state index in [0.29, 0.717) is 0 Å². The third-order valence-corrected chi connectivity index (χ3v) is 2.75. The average molecular weight is 220 g/mol. The summed E-state index contributed by atoms with van der Waals surface area (Å²) in [5.41, 5.74) is 2.95. The number of hydrogen-bond acceptors (Lipinski definition) is 0. The zero-order valence-corrected chi connectivity index (χ0v) is 11.6. The lowest BCUT2D eigenvalue weighted by Crippen LogP contribution is -1.87. The highest BCUT2D eigenvalue weighted by atomic mass is 14.0. The van der Waals surface area contributed by atoms with E-state index in [9.17, 15) is 0 Å². The highest BCUT2D eigenvalue weighted by Gasteiger charge is 1.93. The molecule has 0 fully saturated rings. The summed E-state index contributed by atoms with van der Waals surface area (Å²) in [5.74, 6) is 0. The van der Waals surface area contributed by atoms with Gasteiger partial charge in [-0.1, -0.05) is 71.2 Å². The van der Waals surface area contributed by atoms with Crippen LogP contribution in [0.1, 0.15) is 64.5 Å². The summed E-state index contributed by atoms with van der Waals surface area (Å²) in [6, 6.07) is 9.08. The smallest absolute Gasteiger partial charge is 0.0279 e. The van der Waals surface area contributed by atoms with Crippen molar-refractivity contribution in [1.29, 1.82) is 0 Å². The van der Waals surface area contributed by atoms with E-state index in [0.717, 1.165) is 6.42 Å². The maximum absolute atomic E-state index is 2.28. The minimum atomic E-state index is 1.15. The van der Waals surface area contributed by atoms with Crippen LogP contribution in [0.25, 0.3) is 0 Å². The van der Waals surface area contributed by atoms with Gasteiger partial charge in [-0.2, -0.15) is 0 Å². The molecule has 1 aromatic rings. The van der Waals surface area contributed by atoms with E-state index in [2.05, 4.69) is 38.1 Å². The van der Waals surface area contributed by atoms with Gasteiger partial charge in [0.15, 0.2) is 0 Å². The second-order valence-corrected chi connectivity index (χ2v) is 3.98. The quantitative estimate of drug-likeness (QED) is 0.563. The van der Waals surface area contributed by atoms with Crippen molar-refractivity contribution in [2.24, 2.45) is 0 Å². The van der Waals surface area contributed by atoms with Gasteiger partial charge in [0.2, 0.25) is 0 Å². The summed E-state index contributed by atoms with van der Waals surface area (Å²) in [4.78, 5) is 0. The van der Waals surface area contributed by atoms with Crippen molar-refractivity contribution in [3.63, 3.8) is 0 Å². The zero-order chi connectivity index (χ0) is 12.2. The molecular formula is C16H28. The highest BCUT2D eigenvalue weighted by Crippen LogP contribution is 2.09. The minimum absolute atomic E-state index is 1.15. The second-order valence-electron chi connectivity index (χ2n) is 3.98. The Kier molecular flexibility index (Phi) is 10.2. The van der Waals surface area contributed by atoms with Crippen molar-refractivity contribution < 1.29 is 0 Å². The maximum atomic E-state index is 2.28. The van der Waals surface area contributed by atoms with Gasteiger partial charge in [-0.05, 0) is 30.4 Å². The van der Waals surface area contributed by atoms with Crippen LogP contribution in [0.4, 0.5) is 0 Å². The summed E-state index contributed by atoms with van der Waals surface area (Å²) in [6.07, 6.45) is 7.84. The summed E-state index contributed by atoms with van der Waals surface area (Å²) in [7, 11) is 0. The molecule has 0 heteroatoms. The lowest BCUT2D eigenvalue weighted by Gasteiger charge is -2.02. The third-order valence-electron chi connectivity index (χ3n) is 2.75. The first-order valence-electron chi connectivity index (χ1n) is 6.94. The van der Waals surface area contributed by atoms with Crippen LogP contribution in [-0.4, -0.2) is 0 Å². The molecule has 0 N–H and O–H groups in total. The first-order valence-corrected chi connectivity index (χ1v) is 6.94. The van der Waals surface area contributed by atoms with Crippen molar-refractivity contribution in [3.8, 4) is 0 Å². The molecule has 0 saturated carbocycles. The van der Waals surface area contributed by atoms with Gasteiger partial charge in [-0.25, -0.2) is 0 Å². The molecule has 1 rings (SSSR count). The third kappa shape index (κ3) is 6.66. The topological polar surface area (TPSA) is 0 Å². The Morgan fingerprint density at radius 3 is 1.81 bits per heavy atom. The monoisotopic (exact) mass is 220 g/mol. The number of rotatable bonds is 6. The van der Waals surface area contributed by atoms with E-state index in [-0.39, 0.29) is 0 Å². The first-order chi connectivity index (χ1) is 7.86. The van der Waals surface area contributed by atoms with Crippen LogP contribution < -0.4 is 0 Å². The zero-order valence-electron chi connectivity index (χ0n) is 11.6. The van der Waals surface area contributed by atoms with Gasteiger partial charge < -0.3 is 0 Å².